The fraction of sp³-hybridized carbons (Fsp3) is 0.524. The van der Waals surface area contributed by atoms with Gasteiger partial charge in [-0.2, -0.15) is 0 Å². The molecule has 1 amide bonds. The van der Waals surface area contributed by atoms with E-state index < -0.39 is 17.7 Å². The molecule has 0 aromatic heterocycles. The summed E-state index contributed by atoms with van der Waals surface area (Å²) in [7, 11) is 1.64. The first kappa shape index (κ1) is 20.2. The highest BCUT2D eigenvalue weighted by Crippen LogP contribution is 2.46. The van der Waals surface area contributed by atoms with Crippen LogP contribution in [-0.2, 0) is 20.7 Å². The highest BCUT2D eigenvalue weighted by atomic mass is 16.5. The summed E-state index contributed by atoms with van der Waals surface area (Å²) < 4.78 is 10.8. The van der Waals surface area contributed by atoms with E-state index in [4.69, 9.17) is 9.47 Å². The molecular formula is C21H27NO6. The molecule has 0 saturated carbocycles. The average Bonchev–Trinajstić information content (AvgIpc) is 2.94. The van der Waals surface area contributed by atoms with Crippen LogP contribution in [-0.4, -0.2) is 52.5 Å². The van der Waals surface area contributed by atoms with Gasteiger partial charge in [-0.3, -0.25) is 9.69 Å². The second-order valence-corrected chi connectivity index (χ2v) is 7.22. The highest BCUT2D eigenvalue weighted by Gasteiger charge is 2.64. The van der Waals surface area contributed by atoms with Gasteiger partial charge in [0.25, 0.3) is 0 Å². The van der Waals surface area contributed by atoms with E-state index in [0.29, 0.717) is 12.8 Å². The Balaban J connectivity index is 1.52. The number of amides is 1. The first-order valence-electron chi connectivity index (χ1n) is 9.69. The maximum atomic E-state index is 12.1. The maximum absolute atomic E-state index is 12.1. The van der Waals surface area contributed by atoms with Crippen LogP contribution < -0.4 is 4.74 Å². The van der Waals surface area contributed by atoms with Crippen LogP contribution in [0.5, 0.6) is 5.75 Å². The monoisotopic (exact) mass is 389 g/mol. The van der Waals surface area contributed by atoms with Crippen LogP contribution >= 0.6 is 0 Å². The molecule has 2 fully saturated rings. The van der Waals surface area contributed by atoms with Crippen LogP contribution in [0.3, 0.4) is 0 Å². The fourth-order valence-corrected chi connectivity index (χ4v) is 4.02. The number of fused-ring (bicyclic) bond motifs is 1. The Bertz CT molecular complexity index is 744. The Hall–Kier alpha value is -2.54. The Morgan fingerprint density at radius 2 is 2.00 bits per heavy atom. The van der Waals surface area contributed by atoms with Gasteiger partial charge in [-0.1, -0.05) is 31.4 Å². The van der Waals surface area contributed by atoms with Crippen LogP contribution in [0.4, 0.5) is 0 Å². The van der Waals surface area contributed by atoms with Crippen LogP contribution in [0.25, 0.3) is 0 Å². The zero-order chi connectivity index (χ0) is 20.1. The third-order valence-electron chi connectivity index (χ3n) is 5.53. The summed E-state index contributed by atoms with van der Waals surface area (Å²) >= 11 is 0. The zero-order valence-electron chi connectivity index (χ0n) is 16.1. The summed E-state index contributed by atoms with van der Waals surface area (Å²) in [5.74, 6) is -0.280. The number of carbonyl (C=O) groups is 2. The molecule has 152 valence electrons. The van der Waals surface area contributed by atoms with E-state index >= 15 is 0 Å². The number of carbonyl (C=O) groups excluding carboxylic acids is 1. The molecule has 2 atom stereocenters. The minimum atomic E-state index is -1.47. The van der Waals surface area contributed by atoms with Gasteiger partial charge in [0.2, 0.25) is 11.4 Å². The minimum absolute atomic E-state index is 0.191. The number of benzene rings is 1. The molecule has 2 saturated heterocycles. The van der Waals surface area contributed by atoms with Gasteiger partial charge in [-0.25, -0.2) is 4.79 Å². The molecular weight excluding hydrogens is 362 g/mol. The van der Waals surface area contributed by atoms with Crippen LogP contribution in [0, 0.1) is 0 Å². The SMILES string of the molecule is COc1ccc(CCCCCC[C@]2(C(=O)O)/C(=C/CO)O[C@@H]3CC(=O)N32)cc1. The second kappa shape index (κ2) is 8.65. The maximum Gasteiger partial charge on any atom is 0.337 e. The summed E-state index contributed by atoms with van der Waals surface area (Å²) in [6.45, 7) is -0.318. The topological polar surface area (TPSA) is 96.3 Å². The van der Waals surface area contributed by atoms with E-state index in [2.05, 4.69) is 12.1 Å². The van der Waals surface area contributed by atoms with Crippen molar-refractivity contribution in [2.45, 2.75) is 56.7 Å². The number of unbranched alkanes of at least 4 members (excludes halogenated alkanes) is 3. The Kier molecular flexibility index (Phi) is 6.24. The van der Waals surface area contributed by atoms with E-state index in [0.717, 1.165) is 31.4 Å². The lowest BCUT2D eigenvalue weighted by Crippen LogP contribution is -2.62. The summed E-state index contributed by atoms with van der Waals surface area (Å²) in [5.41, 5.74) is -0.229. The number of ether oxygens (including phenoxy) is 2. The number of aryl methyl sites for hydroxylation is 1. The van der Waals surface area contributed by atoms with Crippen molar-refractivity contribution in [3.63, 3.8) is 0 Å². The van der Waals surface area contributed by atoms with Crippen molar-refractivity contribution in [3.8, 4) is 5.75 Å². The first-order valence-corrected chi connectivity index (χ1v) is 9.69. The van der Waals surface area contributed by atoms with Crippen molar-refractivity contribution in [3.05, 3.63) is 41.7 Å². The smallest absolute Gasteiger partial charge is 0.337 e. The zero-order valence-corrected chi connectivity index (χ0v) is 16.1. The van der Waals surface area contributed by atoms with E-state index in [1.807, 2.05) is 12.1 Å². The number of rotatable bonds is 10. The molecule has 1 aromatic rings. The summed E-state index contributed by atoms with van der Waals surface area (Å²) in [4.78, 5) is 25.4. The summed E-state index contributed by atoms with van der Waals surface area (Å²) in [6.07, 6.45) is 5.80. The molecule has 3 rings (SSSR count). The number of hydrogen-bond acceptors (Lipinski definition) is 5. The lowest BCUT2D eigenvalue weighted by atomic mass is 9.86. The standard InChI is InChI=1S/C21H27NO6/c1-27-16-9-7-15(8-10-16)6-4-2-3-5-12-21(20(25)26)17(11-13-23)28-19-14-18(24)22(19)21/h7-11,19,23H,2-6,12-14H2,1H3,(H,25,26)/b17-11-/t19-,21-/m1/s1. The van der Waals surface area contributed by atoms with Gasteiger partial charge in [0.1, 0.15) is 11.5 Å². The quantitative estimate of drug-likeness (QED) is 0.471. The molecule has 2 N–H and O–H groups in total. The molecule has 7 nitrogen and oxygen atoms in total. The number of carboxylic acid groups (broad SMARTS) is 1. The number of hydrogen-bond donors (Lipinski definition) is 2. The number of β-lactam (4-membered cyclic amide) rings is 1. The van der Waals surface area contributed by atoms with Gasteiger partial charge in [-0.15, -0.1) is 0 Å². The number of aliphatic hydroxyl groups is 1. The van der Waals surface area contributed by atoms with Crippen molar-refractivity contribution in [1.82, 2.24) is 4.90 Å². The van der Waals surface area contributed by atoms with Crippen molar-refractivity contribution < 1.29 is 29.3 Å². The number of aliphatic hydroxyl groups excluding tert-OH is 1. The van der Waals surface area contributed by atoms with Crippen molar-refractivity contribution in [2.24, 2.45) is 0 Å². The molecule has 0 spiro atoms. The van der Waals surface area contributed by atoms with E-state index in [9.17, 15) is 19.8 Å². The predicted octanol–water partition coefficient (Wildman–Crippen LogP) is 2.48. The van der Waals surface area contributed by atoms with Gasteiger partial charge in [0, 0.05) is 0 Å². The minimum Gasteiger partial charge on any atom is -0.497 e. The van der Waals surface area contributed by atoms with E-state index in [1.165, 1.54) is 16.5 Å². The average molecular weight is 389 g/mol. The predicted molar refractivity (Wildman–Crippen MR) is 102 cm³/mol. The normalized spacial score (nSPS) is 24.6. The molecule has 0 unspecified atom stereocenters. The number of carboxylic acids is 1. The molecule has 1 aromatic carbocycles. The van der Waals surface area contributed by atoms with E-state index in [1.54, 1.807) is 7.11 Å². The molecule has 0 bridgehead atoms. The molecule has 2 heterocycles. The van der Waals surface area contributed by atoms with Crippen LogP contribution in [0.1, 0.15) is 44.1 Å². The van der Waals surface area contributed by atoms with Gasteiger partial charge in [-0.05, 0) is 43.0 Å². The Morgan fingerprint density at radius 1 is 1.29 bits per heavy atom. The summed E-state index contributed by atoms with van der Waals surface area (Å²) in [5, 5.41) is 19.1. The van der Waals surface area contributed by atoms with Gasteiger partial charge in [0.05, 0.1) is 20.1 Å². The third kappa shape index (κ3) is 3.71. The lowest BCUT2D eigenvalue weighted by molar-refractivity contribution is -0.171. The first-order chi connectivity index (χ1) is 13.5. The molecule has 28 heavy (non-hydrogen) atoms. The molecule has 0 radical (unpaired) electrons. The summed E-state index contributed by atoms with van der Waals surface area (Å²) in [6, 6.07) is 7.99. The Labute approximate surface area is 164 Å². The lowest BCUT2D eigenvalue weighted by Gasteiger charge is -2.40. The van der Waals surface area contributed by atoms with Crippen molar-refractivity contribution in [2.75, 3.05) is 13.7 Å². The van der Waals surface area contributed by atoms with Crippen molar-refractivity contribution in [1.29, 1.82) is 0 Å². The van der Waals surface area contributed by atoms with Gasteiger partial charge < -0.3 is 19.7 Å². The Morgan fingerprint density at radius 3 is 2.61 bits per heavy atom. The number of aliphatic carboxylic acids is 1. The number of methoxy groups -OCH3 is 1. The fourth-order valence-electron chi connectivity index (χ4n) is 4.02. The molecule has 0 aliphatic carbocycles. The molecule has 2 aliphatic rings. The number of nitrogens with zero attached hydrogens (tertiary/aromatic N) is 1. The van der Waals surface area contributed by atoms with Crippen LogP contribution in [0.15, 0.2) is 36.1 Å². The molecule has 7 heteroatoms. The largest absolute Gasteiger partial charge is 0.497 e. The highest BCUT2D eigenvalue weighted by molar-refractivity contribution is 5.94. The third-order valence-corrected chi connectivity index (χ3v) is 5.53. The van der Waals surface area contributed by atoms with Gasteiger partial charge >= 0.3 is 5.97 Å². The van der Waals surface area contributed by atoms with Crippen LogP contribution in [0.2, 0.25) is 0 Å². The van der Waals surface area contributed by atoms with Gasteiger partial charge in [0.15, 0.2) is 6.23 Å². The molecule has 2 aliphatic heterocycles. The van der Waals surface area contributed by atoms with E-state index in [-0.39, 0.29) is 24.7 Å². The van der Waals surface area contributed by atoms with Crippen molar-refractivity contribution >= 4 is 11.9 Å². The second-order valence-electron chi connectivity index (χ2n) is 7.22.